The van der Waals surface area contributed by atoms with Crippen molar-refractivity contribution in [3.05, 3.63) is 36.0 Å². The number of allylic oxidation sites excluding steroid dienone is 3. The first kappa shape index (κ1) is 23.5. The van der Waals surface area contributed by atoms with Crippen LogP contribution in [0.1, 0.15) is 47.5 Å². The average molecular weight is 382 g/mol. The van der Waals surface area contributed by atoms with E-state index in [-0.39, 0.29) is 6.61 Å². The van der Waals surface area contributed by atoms with Gasteiger partial charge in [-0.2, -0.15) is 4.31 Å². The van der Waals surface area contributed by atoms with E-state index in [2.05, 4.69) is 21.5 Å². The lowest BCUT2D eigenvalue weighted by atomic mass is 10.1. The van der Waals surface area contributed by atoms with Crippen molar-refractivity contribution < 1.29 is 32.3 Å². The van der Waals surface area contributed by atoms with Crippen molar-refractivity contribution in [2.24, 2.45) is 0 Å². The Labute approximate surface area is 144 Å². The van der Waals surface area contributed by atoms with Crippen LogP contribution in [0.5, 0.6) is 0 Å². The average Bonchev–Trinajstić information content (AvgIpc) is 2.35. The Kier molecular flexibility index (Phi) is 9.62. The predicted octanol–water partition coefficient (Wildman–Crippen LogP) is 4.89. The molecule has 0 spiro atoms. The maximum atomic E-state index is 11.7. The van der Waals surface area contributed by atoms with Gasteiger partial charge in [-0.1, -0.05) is 29.4 Å². The van der Waals surface area contributed by atoms with Crippen LogP contribution in [0.3, 0.4) is 0 Å². The van der Waals surface area contributed by atoms with Gasteiger partial charge in [-0.3, -0.25) is 9.05 Å². The zero-order valence-corrected chi connectivity index (χ0v) is 16.7. The van der Waals surface area contributed by atoms with Gasteiger partial charge in [-0.15, -0.1) is 6.58 Å². The first-order valence-corrected chi connectivity index (χ1v) is 10.4. The highest BCUT2D eigenvalue weighted by Crippen LogP contribution is 2.61. The van der Waals surface area contributed by atoms with E-state index in [0.717, 1.165) is 18.4 Å². The third kappa shape index (κ3) is 11.9. The topological polar surface area (TPSA) is 102 Å². The molecule has 0 saturated heterocycles. The van der Waals surface area contributed by atoms with Crippen molar-refractivity contribution in [1.82, 2.24) is 0 Å². The van der Waals surface area contributed by atoms with Gasteiger partial charge >= 0.3 is 15.6 Å². The molecule has 0 heterocycles. The van der Waals surface area contributed by atoms with Gasteiger partial charge in [0.1, 0.15) is 0 Å². The molecule has 2 atom stereocenters. The summed E-state index contributed by atoms with van der Waals surface area (Å²) < 4.78 is 37.1. The fourth-order valence-electron chi connectivity index (χ4n) is 1.47. The molecule has 24 heavy (non-hydrogen) atoms. The van der Waals surface area contributed by atoms with Crippen molar-refractivity contribution in [3.8, 4) is 0 Å². The van der Waals surface area contributed by atoms with E-state index in [9.17, 15) is 18.9 Å². The lowest BCUT2D eigenvalue weighted by molar-refractivity contribution is 0.0959. The van der Waals surface area contributed by atoms with E-state index in [1.165, 1.54) is 25.5 Å². The monoisotopic (exact) mass is 382 g/mol. The van der Waals surface area contributed by atoms with Crippen LogP contribution in [-0.2, 0) is 22.5 Å². The minimum atomic E-state index is -4.78. The Balaban J connectivity index is 4.54. The Morgan fingerprint density at radius 1 is 1.12 bits per heavy atom. The van der Waals surface area contributed by atoms with Crippen LogP contribution in [0.2, 0.25) is 0 Å². The number of hydrogen-bond donors (Lipinski definition) is 2. The number of phosphoric ester groups is 2. The van der Waals surface area contributed by atoms with Crippen molar-refractivity contribution >= 4 is 15.6 Å². The number of hydrogen-bond acceptors (Lipinski definition) is 5. The smallest absolute Gasteiger partial charge is 0.302 e. The molecule has 0 fully saturated rings. The zero-order chi connectivity index (χ0) is 19.0. The molecule has 2 N–H and O–H groups in total. The summed E-state index contributed by atoms with van der Waals surface area (Å²) in [6.07, 6.45) is 6.59. The summed E-state index contributed by atoms with van der Waals surface area (Å²) in [5.41, 5.74) is 0.975. The normalized spacial score (nSPS) is 17.7. The summed E-state index contributed by atoms with van der Waals surface area (Å²) >= 11 is 0. The lowest BCUT2D eigenvalue weighted by Crippen LogP contribution is -2.19. The molecule has 7 nitrogen and oxygen atoms in total. The third-order valence-corrected chi connectivity index (χ3v) is 5.64. The predicted molar refractivity (Wildman–Crippen MR) is 94.5 cm³/mol. The molecule has 0 rings (SSSR count). The van der Waals surface area contributed by atoms with E-state index in [1.807, 2.05) is 20.8 Å². The molecular formula is C15H28O7P2. The standard InChI is InChI=1S/C15H28O7P2/c1-7-15(5,6)21-24(18,19)22-23(16,17)20-12-11-14(4)10-8-9-13(2)3/h7,9,11H,1,8,10,12H2,2-6H3,(H,16,17)(H,18,19)/b14-11+. The molecule has 0 saturated carbocycles. The molecule has 0 amide bonds. The first-order valence-electron chi connectivity index (χ1n) is 7.43. The van der Waals surface area contributed by atoms with E-state index >= 15 is 0 Å². The van der Waals surface area contributed by atoms with Gasteiger partial charge in [0.05, 0.1) is 12.2 Å². The molecule has 9 heteroatoms. The van der Waals surface area contributed by atoms with E-state index in [0.29, 0.717) is 0 Å². The van der Waals surface area contributed by atoms with Crippen molar-refractivity contribution in [2.75, 3.05) is 6.61 Å². The van der Waals surface area contributed by atoms with Crippen molar-refractivity contribution in [1.29, 1.82) is 0 Å². The molecule has 0 aliphatic heterocycles. The minimum absolute atomic E-state index is 0.223. The van der Waals surface area contributed by atoms with Gasteiger partial charge in [-0.05, 0) is 47.5 Å². The molecule has 0 radical (unpaired) electrons. The minimum Gasteiger partial charge on any atom is -0.302 e. The van der Waals surface area contributed by atoms with Gasteiger partial charge < -0.3 is 9.79 Å². The van der Waals surface area contributed by atoms with Crippen LogP contribution in [0, 0.1) is 0 Å². The highest BCUT2D eigenvalue weighted by Gasteiger charge is 2.38. The third-order valence-electron chi connectivity index (χ3n) is 2.81. The number of phosphoric acid groups is 2. The molecule has 0 aromatic rings. The molecular weight excluding hydrogens is 354 g/mol. The van der Waals surface area contributed by atoms with Crippen molar-refractivity contribution in [2.45, 2.75) is 53.1 Å². The van der Waals surface area contributed by atoms with Gasteiger partial charge in [0, 0.05) is 0 Å². The highest BCUT2D eigenvalue weighted by atomic mass is 31.3. The number of rotatable bonds is 11. The van der Waals surface area contributed by atoms with Gasteiger partial charge in [0.25, 0.3) is 0 Å². The highest BCUT2D eigenvalue weighted by molar-refractivity contribution is 7.61. The van der Waals surface area contributed by atoms with Gasteiger partial charge in [-0.25, -0.2) is 9.13 Å². The molecule has 0 aliphatic carbocycles. The quantitative estimate of drug-likeness (QED) is 0.387. The van der Waals surface area contributed by atoms with Crippen LogP contribution in [0.4, 0.5) is 0 Å². The van der Waals surface area contributed by atoms with Crippen molar-refractivity contribution in [3.63, 3.8) is 0 Å². The Morgan fingerprint density at radius 3 is 2.21 bits per heavy atom. The summed E-state index contributed by atoms with van der Waals surface area (Å²) in [4.78, 5) is 19.0. The molecule has 0 aromatic heterocycles. The second-order valence-electron chi connectivity index (χ2n) is 6.08. The summed E-state index contributed by atoms with van der Waals surface area (Å²) in [7, 11) is -9.52. The summed E-state index contributed by atoms with van der Waals surface area (Å²) in [6.45, 7) is 12.0. The fourth-order valence-corrected chi connectivity index (χ4v) is 3.77. The van der Waals surface area contributed by atoms with Gasteiger partial charge in [0.15, 0.2) is 0 Å². The summed E-state index contributed by atoms with van der Waals surface area (Å²) in [6, 6.07) is 0. The van der Waals surface area contributed by atoms with E-state index in [1.54, 1.807) is 6.08 Å². The Morgan fingerprint density at radius 2 is 1.71 bits per heavy atom. The van der Waals surface area contributed by atoms with Crippen LogP contribution < -0.4 is 0 Å². The van der Waals surface area contributed by atoms with Gasteiger partial charge in [0.2, 0.25) is 0 Å². The fraction of sp³-hybridized carbons (Fsp3) is 0.600. The molecule has 140 valence electrons. The largest absolute Gasteiger partial charge is 0.481 e. The first-order chi connectivity index (χ1) is 10.8. The second kappa shape index (κ2) is 9.83. The van der Waals surface area contributed by atoms with Crippen LogP contribution >= 0.6 is 15.6 Å². The van der Waals surface area contributed by atoms with E-state index in [4.69, 9.17) is 4.52 Å². The van der Waals surface area contributed by atoms with Crippen LogP contribution in [0.15, 0.2) is 36.0 Å². The molecule has 0 aliphatic rings. The zero-order valence-electron chi connectivity index (χ0n) is 14.9. The molecule has 0 bridgehead atoms. The van der Waals surface area contributed by atoms with E-state index < -0.39 is 21.2 Å². The maximum absolute atomic E-state index is 11.7. The molecule has 2 unspecified atom stereocenters. The Bertz CT molecular complexity index is 574. The van der Waals surface area contributed by atoms with Crippen LogP contribution in [-0.4, -0.2) is 22.0 Å². The lowest BCUT2D eigenvalue weighted by Gasteiger charge is -2.24. The molecule has 0 aromatic carbocycles. The summed E-state index contributed by atoms with van der Waals surface area (Å²) in [5.74, 6) is 0. The SMILES string of the molecule is C=CC(C)(C)OP(=O)(O)OP(=O)(O)OC/C=C(\C)CCC=C(C)C. The van der Waals surface area contributed by atoms with Crippen LogP contribution in [0.25, 0.3) is 0 Å². The Hall–Kier alpha value is -0.520. The summed E-state index contributed by atoms with van der Waals surface area (Å²) in [5, 5.41) is 0. The maximum Gasteiger partial charge on any atom is 0.481 e. The second-order valence-corrected chi connectivity index (χ2v) is 9.05.